The predicted molar refractivity (Wildman–Crippen MR) is 122 cm³/mol. The number of amides is 1. The first-order valence-electron chi connectivity index (χ1n) is 11.1. The maximum absolute atomic E-state index is 13.5. The van der Waals surface area contributed by atoms with Crippen molar-refractivity contribution in [3.8, 4) is 11.4 Å². The predicted octanol–water partition coefficient (Wildman–Crippen LogP) is 4.82. The van der Waals surface area contributed by atoms with E-state index in [0.29, 0.717) is 18.1 Å². The normalized spacial score (nSPS) is 21.6. The summed E-state index contributed by atoms with van der Waals surface area (Å²) in [6.07, 6.45) is 8.20. The summed E-state index contributed by atoms with van der Waals surface area (Å²) >= 11 is 0. The van der Waals surface area contributed by atoms with Gasteiger partial charge in [-0.25, -0.2) is 9.37 Å². The van der Waals surface area contributed by atoms with Gasteiger partial charge >= 0.3 is 0 Å². The van der Waals surface area contributed by atoms with Crippen molar-refractivity contribution in [3.63, 3.8) is 0 Å². The molecular formula is C26H26FN3O3. The van der Waals surface area contributed by atoms with E-state index in [1.807, 2.05) is 40.8 Å². The Kier molecular flexibility index (Phi) is 5.62. The second-order valence-electron chi connectivity index (χ2n) is 8.54. The second-order valence-corrected chi connectivity index (χ2v) is 8.54. The molecule has 0 spiro atoms. The molecule has 0 unspecified atom stereocenters. The fraction of sp³-hybridized carbons (Fsp3) is 0.308. The average molecular weight is 448 g/mol. The summed E-state index contributed by atoms with van der Waals surface area (Å²) in [5, 5.41) is 0. The molecule has 3 heterocycles. The van der Waals surface area contributed by atoms with Crippen LogP contribution < -0.4 is 4.74 Å². The van der Waals surface area contributed by atoms with E-state index in [9.17, 15) is 9.18 Å². The molecule has 0 N–H and O–H groups in total. The highest BCUT2D eigenvalue weighted by Crippen LogP contribution is 2.38. The van der Waals surface area contributed by atoms with Crippen LogP contribution in [0.2, 0.25) is 0 Å². The molecule has 2 fully saturated rings. The van der Waals surface area contributed by atoms with Crippen molar-refractivity contribution in [3.05, 3.63) is 83.4 Å². The maximum atomic E-state index is 13.5. The molecule has 2 atom stereocenters. The largest absolute Gasteiger partial charge is 0.495 e. The third-order valence-corrected chi connectivity index (χ3v) is 6.37. The van der Waals surface area contributed by atoms with Crippen LogP contribution in [-0.2, 0) is 9.53 Å². The molecule has 0 radical (unpaired) electrons. The summed E-state index contributed by atoms with van der Waals surface area (Å²) in [4.78, 5) is 19.7. The molecule has 1 amide bonds. The number of methoxy groups -OCH3 is 1. The zero-order chi connectivity index (χ0) is 22.9. The third kappa shape index (κ3) is 4.11. The van der Waals surface area contributed by atoms with E-state index in [4.69, 9.17) is 9.47 Å². The first-order chi connectivity index (χ1) is 16.0. The smallest absolute Gasteiger partial charge is 0.289 e. The number of morpholine rings is 1. The minimum atomic E-state index is -0.275. The van der Waals surface area contributed by atoms with E-state index in [-0.39, 0.29) is 23.8 Å². The van der Waals surface area contributed by atoms with Gasteiger partial charge in [-0.05, 0) is 67.7 Å². The first kappa shape index (κ1) is 21.2. The molecule has 0 bridgehead atoms. The molecule has 6 nitrogen and oxygen atoms in total. The third-order valence-electron chi connectivity index (χ3n) is 6.37. The number of nitrogens with zero attached hydrogens (tertiary/aromatic N) is 3. The molecule has 170 valence electrons. The van der Waals surface area contributed by atoms with Crippen LogP contribution >= 0.6 is 0 Å². The number of piperidine rings is 1. The van der Waals surface area contributed by atoms with Gasteiger partial charge in [-0.15, -0.1) is 0 Å². The number of carbonyl (C=O) groups excluding carboxylic acids is 1. The number of halogens is 1. The molecule has 2 saturated heterocycles. The molecular weight excluding hydrogens is 421 g/mol. The lowest BCUT2D eigenvalue weighted by atomic mass is 9.90. The van der Waals surface area contributed by atoms with Gasteiger partial charge in [0, 0.05) is 6.20 Å². The van der Waals surface area contributed by atoms with E-state index in [1.54, 1.807) is 31.6 Å². The van der Waals surface area contributed by atoms with Crippen molar-refractivity contribution in [1.82, 2.24) is 14.5 Å². The van der Waals surface area contributed by atoms with Crippen LogP contribution in [0.4, 0.5) is 4.39 Å². The number of hydrogen-bond donors (Lipinski definition) is 0. The van der Waals surface area contributed by atoms with Crippen molar-refractivity contribution < 1.29 is 18.7 Å². The Morgan fingerprint density at radius 1 is 1.18 bits per heavy atom. The van der Waals surface area contributed by atoms with Gasteiger partial charge in [-0.2, -0.15) is 0 Å². The van der Waals surface area contributed by atoms with Gasteiger partial charge in [-0.3, -0.25) is 4.79 Å². The lowest BCUT2D eigenvalue weighted by molar-refractivity contribution is -0.146. The van der Waals surface area contributed by atoms with Crippen molar-refractivity contribution >= 4 is 12.0 Å². The van der Waals surface area contributed by atoms with Gasteiger partial charge in [0.05, 0.1) is 36.9 Å². The van der Waals surface area contributed by atoms with Crippen LogP contribution in [0.3, 0.4) is 0 Å². The molecule has 5 rings (SSSR count). The van der Waals surface area contributed by atoms with E-state index in [0.717, 1.165) is 41.8 Å². The van der Waals surface area contributed by atoms with Gasteiger partial charge in [0.2, 0.25) is 0 Å². The van der Waals surface area contributed by atoms with E-state index < -0.39 is 0 Å². The average Bonchev–Trinajstić information content (AvgIpc) is 3.27. The molecule has 2 aliphatic rings. The zero-order valence-electron chi connectivity index (χ0n) is 18.7. The highest BCUT2D eigenvalue weighted by molar-refractivity contribution is 5.97. The van der Waals surface area contributed by atoms with Crippen LogP contribution in [0.15, 0.2) is 60.7 Å². The number of aromatic nitrogens is 2. The number of hydrogen-bond acceptors (Lipinski definition) is 4. The number of aryl methyl sites for hydroxylation is 1. The number of benzene rings is 2. The Bertz CT molecular complexity index is 1200. The number of ether oxygens (including phenoxy) is 2. The number of rotatable bonds is 4. The SMILES string of the molecule is COc1cc(/C=C2\OC[C@H]3CCC[C@@H](c4ccc(F)cc4)N3C2=O)ccc1-n1cnc(C)c1. The molecule has 2 aromatic carbocycles. The first-order valence-corrected chi connectivity index (χ1v) is 11.1. The highest BCUT2D eigenvalue weighted by atomic mass is 19.1. The van der Waals surface area contributed by atoms with E-state index in [1.165, 1.54) is 12.1 Å². The van der Waals surface area contributed by atoms with Crippen LogP contribution in [0.5, 0.6) is 5.75 Å². The lowest BCUT2D eigenvalue weighted by Gasteiger charge is -2.45. The maximum Gasteiger partial charge on any atom is 0.289 e. The molecule has 2 aliphatic heterocycles. The van der Waals surface area contributed by atoms with Crippen molar-refractivity contribution in [2.45, 2.75) is 38.3 Å². The quantitative estimate of drug-likeness (QED) is 0.538. The van der Waals surface area contributed by atoms with Gasteiger partial charge in [0.15, 0.2) is 5.76 Å². The van der Waals surface area contributed by atoms with Crippen LogP contribution in [-0.4, -0.2) is 40.1 Å². The van der Waals surface area contributed by atoms with Gasteiger partial charge in [0.1, 0.15) is 18.2 Å². The number of fused-ring (bicyclic) bond motifs is 1. The number of carbonyl (C=O) groups is 1. The highest BCUT2D eigenvalue weighted by Gasteiger charge is 2.40. The molecule has 0 aliphatic carbocycles. The van der Waals surface area contributed by atoms with Gasteiger partial charge in [0.25, 0.3) is 5.91 Å². The molecule has 7 heteroatoms. The topological polar surface area (TPSA) is 56.6 Å². The standard InChI is InChI=1S/C26H26FN3O3/c1-17-14-29(16-28-17)23-11-6-18(12-24(23)32-2)13-25-26(31)30-21(15-33-25)4-3-5-22(30)19-7-9-20(27)10-8-19/h6-14,16,21-22H,3-5,15H2,1-2H3/b25-13-/t21-,22+/m1/s1. The van der Waals surface area contributed by atoms with Crippen molar-refractivity contribution in [2.75, 3.05) is 13.7 Å². The Hall–Kier alpha value is -3.61. The van der Waals surface area contributed by atoms with Crippen LogP contribution in [0, 0.1) is 12.7 Å². The van der Waals surface area contributed by atoms with Gasteiger partial charge < -0.3 is 18.9 Å². The van der Waals surface area contributed by atoms with Crippen molar-refractivity contribution in [2.24, 2.45) is 0 Å². The summed E-state index contributed by atoms with van der Waals surface area (Å²) in [5.41, 5.74) is 3.54. The molecule has 3 aromatic rings. The monoisotopic (exact) mass is 447 g/mol. The minimum absolute atomic E-state index is 0.0276. The zero-order valence-corrected chi connectivity index (χ0v) is 18.7. The summed E-state index contributed by atoms with van der Waals surface area (Å²) < 4.78 is 26.8. The molecule has 1 aromatic heterocycles. The Morgan fingerprint density at radius 2 is 2.00 bits per heavy atom. The summed E-state index contributed by atoms with van der Waals surface area (Å²) in [7, 11) is 1.62. The Morgan fingerprint density at radius 3 is 2.73 bits per heavy atom. The molecule has 0 saturated carbocycles. The second kappa shape index (κ2) is 8.73. The van der Waals surface area contributed by atoms with Gasteiger partial charge in [-0.1, -0.05) is 18.2 Å². The fourth-order valence-corrected chi connectivity index (χ4v) is 4.74. The van der Waals surface area contributed by atoms with E-state index >= 15 is 0 Å². The number of imidazole rings is 1. The summed E-state index contributed by atoms with van der Waals surface area (Å²) in [6.45, 7) is 2.39. The van der Waals surface area contributed by atoms with Crippen molar-refractivity contribution in [1.29, 1.82) is 0 Å². The lowest BCUT2D eigenvalue weighted by Crippen LogP contribution is -2.52. The Labute approximate surface area is 192 Å². The Balaban J connectivity index is 1.44. The van der Waals surface area contributed by atoms with Crippen LogP contribution in [0.25, 0.3) is 11.8 Å². The molecule has 33 heavy (non-hydrogen) atoms. The summed E-state index contributed by atoms with van der Waals surface area (Å²) in [5.74, 6) is 0.579. The minimum Gasteiger partial charge on any atom is -0.495 e. The fourth-order valence-electron chi connectivity index (χ4n) is 4.74. The summed E-state index contributed by atoms with van der Waals surface area (Å²) in [6, 6.07) is 12.2. The van der Waals surface area contributed by atoms with Crippen LogP contribution in [0.1, 0.15) is 42.1 Å². The van der Waals surface area contributed by atoms with E-state index in [2.05, 4.69) is 4.98 Å².